The van der Waals surface area contributed by atoms with Gasteiger partial charge in [0.15, 0.2) is 5.96 Å². The van der Waals surface area contributed by atoms with Crippen LogP contribution in [0.2, 0.25) is 0 Å². The Morgan fingerprint density at radius 3 is 2.80 bits per heavy atom. The zero-order chi connectivity index (χ0) is 17.8. The van der Waals surface area contributed by atoms with Crippen LogP contribution in [-0.4, -0.2) is 42.7 Å². The van der Waals surface area contributed by atoms with Crippen LogP contribution in [0.5, 0.6) is 0 Å². The lowest BCUT2D eigenvalue weighted by Gasteiger charge is -2.21. The minimum atomic E-state index is 0.327. The lowest BCUT2D eigenvalue weighted by atomic mass is 10.1. The maximum atomic E-state index is 5.73. The fourth-order valence-corrected chi connectivity index (χ4v) is 4.08. The number of nitrogens with zero attached hydrogens (tertiary/aromatic N) is 1. The molecule has 1 atom stereocenters. The molecular formula is C20H33N3OS. The first-order valence-corrected chi connectivity index (χ1v) is 10.5. The number of guanidine groups is 1. The molecule has 0 aromatic heterocycles. The molecule has 0 saturated carbocycles. The molecule has 2 rings (SSSR count). The van der Waals surface area contributed by atoms with Crippen molar-refractivity contribution in [1.82, 2.24) is 10.6 Å². The van der Waals surface area contributed by atoms with E-state index in [9.17, 15) is 0 Å². The lowest BCUT2D eigenvalue weighted by molar-refractivity contribution is 0.117. The third kappa shape index (κ3) is 8.15. The van der Waals surface area contributed by atoms with E-state index in [2.05, 4.69) is 60.5 Å². The van der Waals surface area contributed by atoms with Gasteiger partial charge in [-0.15, -0.1) is 0 Å². The Morgan fingerprint density at radius 1 is 1.24 bits per heavy atom. The first-order valence-electron chi connectivity index (χ1n) is 9.50. The van der Waals surface area contributed by atoms with Crippen LogP contribution in [-0.2, 0) is 11.3 Å². The maximum absolute atomic E-state index is 5.73. The van der Waals surface area contributed by atoms with Gasteiger partial charge in [-0.1, -0.05) is 30.3 Å². The number of hydrogen-bond donors (Lipinski definition) is 2. The van der Waals surface area contributed by atoms with Crippen molar-refractivity contribution in [3.63, 3.8) is 0 Å². The normalized spacial score (nSPS) is 20.6. The highest BCUT2D eigenvalue weighted by Gasteiger charge is 2.29. The van der Waals surface area contributed by atoms with Crippen molar-refractivity contribution in [3.8, 4) is 0 Å². The van der Waals surface area contributed by atoms with Gasteiger partial charge in [-0.05, 0) is 50.8 Å². The van der Waals surface area contributed by atoms with Crippen LogP contribution in [0, 0.1) is 0 Å². The zero-order valence-corrected chi connectivity index (χ0v) is 16.5. The van der Waals surface area contributed by atoms with E-state index >= 15 is 0 Å². The average Bonchev–Trinajstić information content (AvgIpc) is 3.06. The van der Waals surface area contributed by atoms with Crippen LogP contribution in [0.4, 0.5) is 0 Å². The summed E-state index contributed by atoms with van der Waals surface area (Å²) < 4.78 is 6.05. The Morgan fingerprint density at radius 2 is 2.08 bits per heavy atom. The second-order valence-corrected chi connectivity index (χ2v) is 8.45. The SMILES string of the molecule is CCNC(=NCC1(C)CCCS1)NCCCCOCc1ccccc1. The summed E-state index contributed by atoms with van der Waals surface area (Å²) in [5, 5.41) is 6.79. The van der Waals surface area contributed by atoms with Crippen molar-refractivity contribution in [2.24, 2.45) is 4.99 Å². The summed E-state index contributed by atoms with van der Waals surface area (Å²) in [6.45, 7) is 8.68. The predicted octanol–water partition coefficient (Wildman–Crippen LogP) is 3.82. The van der Waals surface area contributed by atoms with Gasteiger partial charge in [0.2, 0.25) is 0 Å². The molecule has 5 heteroatoms. The largest absolute Gasteiger partial charge is 0.377 e. The second-order valence-electron chi connectivity index (χ2n) is 6.77. The van der Waals surface area contributed by atoms with E-state index in [1.165, 1.54) is 24.2 Å². The summed E-state index contributed by atoms with van der Waals surface area (Å²) in [5.74, 6) is 2.22. The summed E-state index contributed by atoms with van der Waals surface area (Å²) in [4.78, 5) is 4.78. The van der Waals surface area contributed by atoms with Gasteiger partial charge >= 0.3 is 0 Å². The molecule has 1 unspecified atom stereocenters. The summed E-state index contributed by atoms with van der Waals surface area (Å²) in [5.41, 5.74) is 1.24. The van der Waals surface area contributed by atoms with Crippen molar-refractivity contribution < 1.29 is 4.74 Å². The van der Waals surface area contributed by atoms with Crippen LogP contribution in [0.15, 0.2) is 35.3 Å². The number of nitrogens with one attached hydrogen (secondary N) is 2. The number of benzene rings is 1. The molecule has 0 radical (unpaired) electrons. The molecule has 1 aromatic rings. The van der Waals surface area contributed by atoms with Crippen molar-refractivity contribution >= 4 is 17.7 Å². The number of aliphatic imine (C=N–C) groups is 1. The fraction of sp³-hybridized carbons (Fsp3) is 0.650. The molecule has 2 N–H and O–H groups in total. The third-order valence-electron chi connectivity index (χ3n) is 4.34. The van der Waals surface area contributed by atoms with Crippen LogP contribution >= 0.6 is 11.8 Å². The Labute approximate surface area is 157 Å². The second kappa shape index (κ2) is 11.4. The molecule has 1 fully saturated rings. The van der Waals surface area contributed by atoms with Crippen LogP contribution < -0.4 is 10.6 Å². The van der Waals surface area contributed by atoms with Crippen LogP contribution in [0.3, 0.4) is 0 Å². The van der Waals surface area contributed by atoms with Crippen molar-refractivity contribution in [2.75, 3.05) is 32.0 Å². The monoisotopic (exact) mass is 363 g/mol. The third-order valence-corrected chi connectivity index (χ3v) is 5.86. The highest BCUT2D eigenvalue weighted by atomic mass is 32.2. The molecule has 25 heavy (non-hydrogen) atoms. The van der Waals surface area contributed by atoms with Crippen molar-refractivity contribution in [3.05, 3.63) is 35.9 Å². The molecule has 0 bridgehead atoms. The number of thioether (sulfide) groups is 1. The van der Waals surface area contributed by atoms with Gasteiger partial charge in [0, 0.05) is 24.4 Å². The lowest BCUT2D eigenvalue weighted by Crippen LogP contribution is -2.39. The van der Waals surface area contributed by atoms with Gasteiger partial charge in [0.1, 0.15) is 0 Å². The zero-order valence-electron chi connectivity index (χ0n) is 15.7. The van der Waals surface area contributed by atoms with E-state index < -0.39 is 0 Å². The van der Waals surface area contributed by atoms with Crippen LogP contribution in [0.25, 0.3) is 0 Å². The van der Waals surface area contributed by atoms with Gasteiger partial charge in [0.25, 0.3) is 0 Å². The molecule has 0 spiro atoms. The first-order chi connectivity index (χ1) is 12.2. The quantitative estimate of drug-likeness (QED) is 0.377. The topological polar surface area (TPSA) is 45.7 Å². The standard InChI is InChI=1S/C20H33N3OS/c1-3-21-19(23-17-20(2)12-9-15-25-20)22-13-7-8-14-24-16-18-10-5-4-6-11-18/h4-6,10-11H,3,7-9,12-17H2,1-2H3,(H2,21,22,23). The summed E-state index contributed by atoms with van der Waals surface area (Å²) in [6.07, 6.45) is 4.75. The number of hydrogen-bond acceptors (Lipinski definition) is 3. The summed E-state index contributed by atoms with van der Waals surface area (Å²) in [6, 6.07) is 10.3. The van der Waals surface area contributed by atoms with Gasteiger partial charge in [-0.2, -0.15) is 11.8 Å². The van der Waals surface area contributed by atoms with Gasteiger partial charge in [0.05, 0.1) is 13.2 Å². The van der Waals surface area contributed by atoms with Gasteiger partial charge in [-0.25, -0.2) is 0 Å². The van der Waals surface area contributed by atoms with E-state index in [1.807, 2.05) is 6.07 Å². The van der Waals surface area contributed by atoms with Crippen molar-refractivity contribution in [1.29, 1.82) is 0 Å². The smallest absolute Gasteiger partial charge is 0.191 e. The molecule has 1 heterocycles. The highest BCUT2D eigenvalue weighted by Crippen LogP contribution is 2.37. The molecule has 1 aliphatic rings. The molecular weight excluding hydrogens is 330 g/mol. The highest BCUT2D eigenvalue weighted by molar-refractivity contribution is 8.00. The Hall–Kier alpha value is -1.20. The van der Waals surface area contributed by atoms with Gasteiger partial charge < -0.3 is 15.4 Å². The van der Waals surface area contributed by atoms with Gasteiger partial charge in [-0.3, -0.25) is 4.99 Å². The molecule has 4 nitrogen and oxygen atoms in total. The Kier molecular flexibility index (Phi) is 9.19. The molecule has 140 valence electrons. The number of rotatable bonds is 10. The minimum absolute atomic E-state index is 0.327. The van der Waals surface area contributed by atoms with E-state index in [-0.39, 0.29) is 0 Å². The number of ether oxygens (including phenoxy) is 1. The van der Waals surface area contributed by atoms with E-state index in [1.54, 1.807) is 0 Å². The van der Waals surface area contributed by atoms with Crippen LogP contribution in [0.1, 0.15) is 45.1 Å². The molecule has 0 amide bonds. The Bertz CT molecular complexity index is 501. The molecule has 1 aliphatic heterocycles. The number of unbranched alkanes of at least 4 members (excludes halogenated alkanes) is 1. The average molecular weight is 364 g/mol. The molecule has 1 aromatic carbocycles. The van der Waals surface area contributed by atoms with E-state index in [4.69, 9.17) is 9.73 Å². The maximum Gasteiger partial charge on any atom is 0.191 e. The summed E-state index contributed by atoms with van der Waals surface area (Å²) >= 11 is 2.06. The van der Waals surface area contributed by atoms with Crippen molar-refractivity contribution in [2.45, 2.75) is 50.9 Å². The Balaban J connectivity index is 1.57. The first kappa shape index (κ1) is 20.1. The molecule has 0 aliphatic carbocycles. The van der Waals surface area contributed by atoms with E-state index in [0.29, 0.717) is 11.4 Å². The van der Waals surface area contributed by atoms with E-state index in [0.717, 1.165) is 45.0 Å². The fourth-order valence-electron chi connectivity index (χ4n) is 2.85. The molecule has 1 saturated heterocycles. The summed E-state index contributed by atoms with van der Waals surface area (Å²) in [7, 11) is 0. The predicted molar refractivity (Wildman–Crippen MR) is 109 cm³/mol. The minimum Gasteiger partial charge on any atom is -0.377 e.